The van der Waals surface area contributed by atoms with Crippen molar-refractivity contribution >= 4 is 16.0 Å². The van der Waals surface area contributed by atoms with Gasteiger partial charge in [0.1, 0.15) is 0 Å². The van der Waals surface area contributed by atoms with Crippen molar-refractivity contribution in [2.45, 2.75) is 39.2 Å². The van der Waals surface area contributed by atoms with Gasteiger partial charge in [-0.05, 0) is 13.3 Å². The Morgan fingerprint density at radius 3 is 2.50 bits per heavy atom. The van der Waals surface area contributed by atoms with Gasteiger partial charge in [0.25, 0.3) is 0 Å². The molecule has 2 N–H and O–H groups in total. The summed E-state index contributed by atoms with van der Waals surface area (Å²) in [6.07, 6.45) is 2.65. The monoisotopic (exact) mass is 223 g/mol. The standard InChI is InChI=1S/C8H17NO4S/c1-3-4-5-7(2)9-14(12,13)6-8(10)11/h7,9H,3-6H2,1-2H3,(H,10,11). The maximum Gasteiger partial charge on any atom is 0.320 e. The van der Waals surface area contributed by atoms with Crippen molar-refractivity contribution in [2.75, 3.05) is 5.75 Å². The van der Waals surface area contributed by atoms with Crippen molar-refractivity contribution in [3.63, 3.8) is 0 Å². The lowest BCUT2D eigenvalue weighted by atomic mass is 10.2. The van der Waals surface area contributed by atoms with Crippen LogP contribution in [0.15, 0.2) is 0 Å². The molecule has 0 saturated carbocycles. The molecule has 0 fully saturated rings. The van der Waals surface area contributed by atoms with E-state index in [1.165, 1.54) is 0 Å². The molecule has 5 nitrogen and oxygen atoms in total. The second-order valence-electron chi connectivity index (χ2n) is 3.31. The Morgan fingerprint density at radius 1 is 1.50 bits per heavy atom. The van der Waals surface area contributed by atoms with Crippen molar-refractivity contribution in [3.8, 4) is 0 Å². The van der Waals surface area contributed by atoms with E-state index in [0.29, 0.717) is 0 Å². The highest BCUT2D eigenvalue weighted by molar-refractivity contribution is 7.90. The number of hydrogen-bond donors (Lipinski definition) is 2. The van der Waals surface area contributed by atoms with E-state index >= 15 is 0 Å². The van der Waals surface area contributed by atoms with E-state index in [4.69, 9.17) is 5.11 Å². The first-order valence-corrected chi connectivity index (χ1v) is 6.24. The van der Waals surface area contributed by atoms with Crippen molar-refractivity contribution in [1.29, 1.82) is 0 Å². The van der Waals surface area contributed by atoms with Gasteiger partial charge in [-0.2, -0.15) is 0 Å². The SMILES string of the molecule is CCCCC(C)NS(=O)(=O)CC(=O)O. The zero-order chi connectivity index (χ0) is 11.2. The topological polar surface area (TPSA) is 83.5 Å². The smallest absolute Gasteiger partial charge is 0.320 e. The Hall–Kier alpha value is -0.620. The van der Waals surface area contributed by atoms with E-state index < -0.39 is 21.7 Å². The van der Waals surface area contributed by atoms with Crippen LogP contribution in [0.4, 0.5) is 0 Å². The fraction of sp³-hybridized carbons (Fsp3) is 0.875. The lowest BCUT2D eigenvalue weighted by molar-refractivity contribution is -0.134. The Kier molecular flexibility index (Phi) is 5.71. The maximum absolute atomic E-state index is 11.1. The molecule has 0 bridgehead atoms. The Balaban J connectivity index is 4.02. The van der Waals surface area contributed by atoms with Gasteiger partial charge in [0.15, 0.2) is 5.75 Å². The van der Waals surface area contributed by atoms with E-state index in [0.717, 1.165) is 19.3 Å². The fourth-order valence-electron chi connectivity index (χ4n) is 1.08. The van der Waals surface area contributed by atoms with Crippen LogP contribution in [0.2, 0.25) is 0 Å². The van der Waals surface area contributed by atoms with Crippen LogP contribution in [0.5, 0.6) is 0 Å². The molecule has 14 heavy (non-hydrogen) atoms. The predicted molar refractivity (Wildman–Crippen MR) is 53.5 cm³/mol. The summed E-state index contributed by atoms with van der Waals surface area (Å²) in [6.45, 7) is 3.74. The number of unbranched alkanes of at least 4 members (excludes halogenated alkanes) is 1. The molecule has 0 aromatic carbocycles. The summed E-state index contributed by atoms with van der Waals surface area (Å²) in [5.41, 5.74) is 0. The first kappa shape index (κ1) is 13.4. The van der Waals surface area contributed by atoms with Gasteiger partial charge < -0.3 is 5.11 Å². The van der Waals surface area contributed by atoms with Gasteiger partial charge in [-0.25, -0.2) is 13.1 Å². The zero-order valence-corrected chi connectivity index (χ0v) is 9.30. The molecule has 0 aromatic rings. The summed E-state index contributed by atoms with van der Waals surface area (Å²) in [5.74, 6) is -2.19. The Morgan fingerprint density at radius 2 is 2.07 bits per heavy atom. The normalized spacial score (nSPS) is 13.9. The second-order valence-corrected chi connectivity index (χ2v) is 5.07. The summed E-state index contributed by atoms with van der Waals surface area (Å²) in [4.78, 5) is 10.2. The number of carboxylic acid groups (broad SMARTS) is 1. The molecule has 0 aliphatic carbocycles. The number of hydrogen-bond acceptors (Lipinski definition) is 3. The minimum Gasteiger partial charge on any atom is -0.480 e. The van der Waals surface area contributed by atoms with Crippen LogP contribution in [0, 0.1) is 0 Å². The van der Waals surface area contributed by atoms with Crippen LogP contribution in [0.1, 0.15) is 33.1 Å². The highest BCUT2D eigenvalue weighted by Crippen LogP contribution is 2.01. The molecule has 0 rings (SSSR count). The van der Waals surface area contributed by atoms with Crippen LogP contribution in [0.25, 0.3) is 0 Å². The van der Waals surface area contributed by atoms with Gasteiger partial charge in [-0.1, -0.05) is 19.8 Å². The number of carboxylic acids is 1. The highest BCUT2D eigenvalue weighted by atomic mass is 32.2. The molecule has 0 heterocycles. The summed E-state index contributed by atoms with van der Waals surface area (Å²) in [7, 11) is -3.66. The summed E-state index contributed by atoms with van der Waals surface area (Å²) in [6, 6.07) is -0.195. The summed E-state index contributed by atoms with van der Waals surface area (Å²) in [5, 5.41) is 8.32. The molecule has 1 unspecified atom stereocenters. The molecule has 0 aromatic heterocycles. The highest BCUT2D eigenvalue weighted by Gasteiger charge is 2.17. The van der Waals surface area contributed by atoms with Gasteiger partial charge in [-0.15, -0.1) is 0 Å². The van der Waals surface area contributed by atoms with Gasteiger partial charge >= 0.3 is 5.97 Å². The van der Waals surface area contributed by atoms with E-state index in [1.54, 1.807) is 6.92 Å². The molecule has 0 spiro atoms. The van der Waals surface area contributed by atoms with Crippen molar-refractivity contribution in [3.05, 3.63) is 0 Å². The number of aliphatic carboxylic acids is 1. The molecule has 6 heteroatoms. The molecule has 1 atom stereocenters. The first-order valence-electron chi connectivity index (χ1n) is 4.59. The van der Waals surface area contributed by atoms with Crippen molar-refractivity contribution in [2.24, 2.45) is 0 Å². The summed E-state index contributed by atoms with van der Waals surface area (Å²) < 4.78 is 24.6. The molecule has 0 aliphatic heterocycles. The summed E-state index contributed by atoms with van der Waals surface area (Å²) >= 11 is 0. The third kappa shape index (κ3) is 6.85. The van der Waals surface area contributed by atoms with Crippen LogP contribution in [0.3, 0.4) is 0 Å². The number of carbonyl (C=O) groups is 1. The number of rotatable bonds is 7. The van der Waals surface area contributed by atoms with Gasteiger partial charge in [0, 0.05) is 6.04 Å². The predicted octanol–water partition coefficient (Wildman–Crippen LogP) is 0.569. The minimum atomic E-state index is -3.66. The average molecular weight is 223 g/mol. The molecule has 0 saturated heterocycles. The van der Waals surface area contributed by atoms with E-state index in [-0.39, 0.29) is 6.04 Å². The average Bonchev–Trinajstić information content (AvgIpc) is 1.96. The molecule has 0 aliphatic rings. The van der Waals surface area contributed by atoms with Crippen molar-refractivity contribution < 1.29 is 18.3 Å². The number of nitrogens with one attached hydrogen (secondary N) is 1. The Bertz CT molecular complexity index is 273. The lowest BCUT2D eigenvalue weighted by Crippen LogP contribution is -2.36. The largest absolute Gasteiger partial charge is 0.480 e. The molecule has 0 radical (unpaired) electrons. The van der Waals surface area contributed by atoms with E-state index in [2.05, 4.69) is 4.72 Å². The van der Waals surface area contributed by atoms with Crippen LogP contribution < -0.4 is 4.72 Å². The minimum absolute atomic E-state index is 0.195. The number of sulfonamides is 1. The van der Waals surface area contributed by atoms with Crippen LogP contribution in [-0.4, -0.2) is 31.3 Å². The van der Waals surface area contributed by atoms with Crippen LogP contribution in [-0.2, 0) is 14.8 Å². The lowest BCUT2D eigenvalue weighted by Gasteiger charge is -2.12. The molecular weight excluding hydrogens is 206 g/mol. The van der Waals surface area contributed by atoms with Gasteiger partial charge in [0.05, 0.1) is 0 Å². The maximum atomic E-state index is 11.1. The third-order valence-corrected chi connectivity index (χ3v) is 3.07. The van der Waals surface area contributed by atoms with Gasteiger partial charge in [0.2, 0.25) is 10.0 Å². The first-order chi connectivity index (χ1) is 6.37. The second kappa shape index (κ2) is 5.98. The Labute approximate surface area is 84.6 Å². The van der Waals surface area contributed by atoms with E-state index in [9.17, 15) is 13.2 Å². The molecule has 0 amide bonds. The van der Waals surface area contributed by atoms with Gasteiger partial charge in [-0.3, -0.25) is 4.79 Å². The fourth-order valence-corrected chi connectivity index (χ4v) is 2.22. The van der Waals surface area contributed by atoms with Crippen LogP contribution >= 0.6 is 0 Å². The molecular formula is C8H17NO4S. The zero-order valence-electron chi connectivity index (χ0n) is 8.49. The van der Waals surface area contributed by atoms with E-state index in [1.807, 2.05) is 6.92 Å². The molecule has 84 valence electrons. The van der Waals surface area contributed by atoms with Crippen molar-refractivity contribution in [1.82, 2.24) is 4.72 Å². The quantitative estimate of drug-likeness (QED) is 0.661. The third-order valence-electron chi connectivity index (χ3n) is 1.68.